The van der Waals surface area contributed by atoms with Gasteiger partial charge < -0.3 is 5.32 Å². The Balaban J connectivity index is 2.05. The summed E-state index contributed by atoms with van der Waals surface area (Å²) < 4.78 is 41.2. The molecule has 6 nitrogen and oxygen atoms in total. The lowest BCUT2D eigenvalue weighted by atomic mass is 10.1. The van der Waals surface area contributed by atoms with E-state index < -0.39 is 16.1 Å². The number of rotatable bonds is 3. The van der Waals surface area contributed by atoms with Gasteiger partial charge >= 0.3 is 0 Å². The Kier molecular flexibility index (Phi) is 4.22. The fourth-order valence-corrected chi connectivity index (χ4v) is 4.96. The number of aromatic amines is 1. The molecule has 0 bridgehead atoms. The molecular weight excluding hydrogens is 319 g/mol. The maximum atomic E-state index is 13.5. The second kappa shape index (κ2) is 6.03. The highest BCUT2D eigenvalue weighted by molar-refractivity contribution is 7.89. The molecule has 23 heavy (non-hydrogen) atoms. The Hall–Kier alpha value is -1.77. The van der Waals surface area contributed by atoms with Gasteiger partial charge in [0.25, 0.3) is 0 Å². The van der Waals surface area contributed by atoms with Gasteiger partial charge in [0, 0.05) is 19.6 Å². The van der Waals surface area contributed by atoms with E-state index in [1.165, 1.54) is 16.4 Å². The second-order valence-corrected chi connectivity index (χ2v) is 7.48. The first-order chi connectivity index (χ1) is 10.9. The van der Waals surface area contributed by atoms with Crippen LogP contribution >= 0.6 is 0 Å². The summed E-state index contributed by atoms with van der Waals surface area (Å²) in [5.41, 5.74) is 1.60. The van der Waals surface area contributed by atoms with Crippen LogP contribution in [0.5, 0.6) is 0 Å². The molecule has 1 aliphatic rings. The zero-order valence-corrected chi connectivity index (χ0v) is 13.8. The molecular formula is C15H19FN4O2S. The molecule has 1 aliphatic heterocycles. The minimum atomic E-state index is -3.71. The van der Waals surface area contributed by atoms with Crippen LogP contribution in [0.2, 0.25) is 0 Å². The smallest absolute Gasteiger partial charge is 0.247 e. The van der Waals surface area contributed by atoms with Gasteiger partial charge in [-0.25, -0.2) is 12.8 Å². The van der Waals surface area contributed by atoms with Crippen LogP contribution in [0.4, 0.5) is 4.39 Å². The average molecular weight is 338 g/mol. The Morgan fingerprint density at radius 1 is 1.35 bits per heavy atom. The van der Waals surface area contributed by atoms with E-state index in [-0.39, 0.29) is 10.7 Å². The van der Waals surface area contributed by atoms with Gasteiger partial charge in [0.1, 0.15) is 10.7 Å². The molecule has 1 atom stereocenters. The minimum absolute atomic E-state index is 0.209. The summed E-state index contributed by atoms with van der Waals surface area (Å²) in [4.78, 5) is 0.209. The predicted molar refractivity (Wildman–Crippen MR) is 84.0 cm³/mol. The Morgan fingerprint density at radius 3 is 2.78 bits per heavy atom. The number of nitrogens with zero attached hydrogens (tertiary/aromatic N) is 2. The summed E-state index contributed by atoms with van der Waals surface area (Å²) in [6.45, 7) is 4.68. The second-order valence-electron chi connectivity index (χ2n) is 5.65. The molecule has 2 N–H and O–H groups in total. The standard InChI is InChI=1S/C15H19FN4O2S/c1-10-15(11(2)19-18-10)23(21,22)20-7-6-17-9-14(20)12-4-3-5-13(16)8-12/h3-5,8,14,17H,6-7,9H2,1-2H3,(H,18,19). The molecule has 1 fully saturated rings. The molecule has 1 aromatic heterocycles. The van der Waals surface area contributed by atoms with Crippen molar-refractivity contribution in [1.29, 1.82) is 0 Å². The highest BCUT2D eigenvalue weighted by Gasteiger charge is 2.37. The number of hydrogen-bond donors (Lipinski definition) is 2. The highest BCUT2D eigenvalue weighted by atomic mass is 32.2. The van der Waals surface area contributed by atoms with Crippen LogP contribution in [0, 0.1) is 19.7 Å². The van der Waals surface area contributed by atoms with E-state index in [9.17, 15) is 12.8 Å². The third-order valence-corrected chi connectivity index (χ3v) is 6.23. The first-order valence-electron chi connectivity index (χ1n) is 7.41. The topological polar surface area (TPSA) is 78.1 Å². The van der Waals surface area contributed by atoms with E-state index in [4.69, 9.17) is 0 Å². The Bertz CT molecular complexity index is 799. The maximum Gasteiger partial charge on any atom is 0.247 e. The number of H-pyrrole nitrogens is 1. The quantitative estimate of drug-likeness (QED) is 0.889. The minimum Gasteiger partial charge on any atom is -0.313 e. The number of nitrogens with one attached hydrogen (secondary N) is 2. The van der Waals surface area contributed by atoms with Gasteiger partial charge in [-0.1, -0.05) is 12.1 Å². The van der Waals surface area contributed by atoms with E-state index in [2.05, 4.69) is 15.5 Å². The van der Waals surface area contributed by atoms with Gasteiger partial charge in [0.15, 0.2) is 0 Å². The molecule has 0 radical (unpaired) electrons. The number of aryl methyl sites for hydroxylation is 2. The highest BCUT2D eigenvalue weighted by Crippen LogP contribution is 2.31. The SMILES string of the molecule is Cc1n[nH]c(C)c1S(=O)(=O)N1CCNCC1c1cccc(F)c1. The lowest BCUT2D eigenvalue weighted by Gasteiger charge is -2.35. The van der Waals surface area contributed by atoms with Crippen molar-refractivity contribution >= 4 is 10.0 Å². The summed E-state index contributed by atoms with van der Waals surface area (Å²) in [6.07, 6.45) is 0. The molecule has 0 saturated carbocycles. The molecule has 1 unspecified atom stereocenters. The number of piperazine rings is 1. The van der Waals surface area contributed by atoms with Crippen LogP contribution in [-0.2, 0) is 10.0 Å². The zero-order chi connectivity index (χ0) is 16.6. The first-order valence-corrected chi connectivity index (χ1v) is 8.85. The molecule has 1 saturated heterocycles. The molecule has 8 heteroatoms. The molecule has 0 amide bonds. The molecule has 1 aromatic carbocycles. The van der Waals surface area contributed by atoms with E-state index in [0.29, 0.717) is 36.6 Å². The molecule has 0 spiro atoms. The number of aromatic nitrogens is 2. The van der Waals surface area contributed by atoms with Crippen LogP contribution in [0.15, 0.2) is 29.2 Å². The van der Waals surface area contributed by atoms with E-state index in [1.807, 2.05) is 0 Å². The number of sulfonamides is 1. The molecule has 0 aliphatic carbocycles. The van der Waals surface area contributed by atoms with Crippen LogP contribution in [0.3, 0.4) is 0 Å². The maximum absolute atomic E-state index is 13.5. The van der Waals surface area contributed by atoms with Crippen molar-refractivity contribution in [3.8, 4) is 0 Å². The van der Waals surface area contributed by atoms with Crippen molar-refractivity contribution in [2.45, 2.75) is 24.8 Å². The van der Waals surface area contributed by atoms with E-state index in [0.717, 1.165) is 0 Å². The predicted octanol–water partition coefficient (Wildman–Crippen LogP) is 1.50. The van der Waals surface area contributed by atoms with Crippen molar-refractivity contribution < 1.29 is 12.8 Å². The van der Waals surface area contributed by atoms with Gasteiger partial charge in [-0.15, -0.1) is 0 Å². The number of benzene rings is 1. The summed E-state index contributed by atoms with van der Waals surface area (Å²) in [6, 6.07) is 5.63. The van der Waals surface area contributed by atoms with Crippen molar-refractivity contribution in [2.24, 2.45) is 0 Å². The van der Waals surface area contributed by atoms with Crippen LogP contribution in [-0.4, -0.2) is 42.6 Å². The molecule has 124 valence electrons. The van der Waals surface area contributed by atoms with Gasteiger partial charge in [0.2, 0.25) is 10.0 Å². The van der Waals surface area contributed by atoms with Crippen LogP contribution in [0.25, 0.3) is 0 Å². The Morgan fingerprint density at radius 2 is 2.13 bits per heavy atom. The van der Waals surface area contributed by atoms with Crippen molar-refractivity contribution in [3.63, 3.8) is 0 Å². The molecule has 2 heterocycles. The van der Waals surface area contributed by atoms with Gasteiger partial charge in [0.05, 0.1) is 17.4 Å². The lowest BCUT2D eigenvalue weighted by Crippen LogP contribution is -2.48. The molecule has 3 rings (SSSR count). The third-order valence-electron chi connectivity index (χ3n) is 4.05. The largest absolute Gasteiger partial charge is 0.313 e. The number of halogens is 1. The van der Waals surface area contributed by atoms with E-state index in [1.54, 1.807) is 26.0 Å². The summed E-state index contributed by atoms with van der Waals surface area (Å²) in [5.74, 6) is -0.374. The van der Waals surface area contributed by atoms with Gasteiger partial charge in [-0.3, -0.25) is 5.10 Å². The van der Waals surface area contributed by atoms with Crippen LogP contribution in [0.1, 0.15) is 23.0 Å². The Labute approximate surface area is 134 Å². The van der Waals surface area contributed by atoms with Crippen LogP contribution < -0.4 is 5.32 Å². The molecule has 2 aromatic rings. The van der Waals surface area contributed by atoms with Crippen molar-refractivity contribution in [3.05, 3.63) is 47.0 Å². The van der Waals surface area contributed by atoms with Crippen molar-refractivity contribution in [2.75, 3.05) is 19.6 Å². The van der Waals surface area contributed by atoms with Gasteiger partial charge in [-0.2, -0.15) is 9.40 Å². The normalized spacial score (nSPS) is 19.9. The first kappa shape index (κ1) is 16.1. The monoisotopic (exact) mass is 338 g/mol. The summed E-state index contributed by atoms with van der Waals surface area (Å²) >= 11 is 0. The van der Waals surface area contributed by atoms with Gasteiger partial charge in [-0.05, 0) is 31.5 Å². The summed E-state index contributed by atoms with van der Waals surface area (Å²) in [5, 5.41) is 9.87. The number of hydrogen-bond acceptors (Lipinski definition) is 4. The summed E-state index contributed by atoms with van der Waals surface area (Å²) in [7, 11) is -3.71. The fourth-order valence-electron chi connectivity index (χ4n) is 3.01. The average Bonchev–Trinajstić information content (AvgIpc) is 2.87. The zero-order valence-electron chi connectivity index (χ0n) is 13.0. The lowest BCUT2D eigenvalue weighted by molar-refractivity contribution is 0.271. The fraction of sp³-hybridized carbons (Fsp3) is 0.400. The van der Waals surface area contributed by atoms with E-state index >= 15 is 0 Å². The van der Waals surface area contributed by atoms with Crippen molar-refractivity contribution in [1.82, 2.24) is 19.8 Å². The third kappa shape index (κ3) is 2.89.